The third-order valence-electron chi connectivity index (χ3n) is 4.14. The van der Waals surface area contributed by atoms with Crippen LogP contribution in [0.4, 0.5) is 5.69 Å². The lowest BCUT2D eigenvalue weighted by Crippen LogP contribution is -2.41. The first-order chi connectivity index (χ1) is 11.1. The number of carbonyl (C=O) groups is 1. The zero-order valence-electron chi connectivity index (χ0n) is 13.2. The van der Waals surface area contributed by atoms with Crippen molar-refractivity contribution >= 4 is 11.6 Å². The molecule has 5 heteroatoms. The maximum Gasteiger partial charge on any atom is 0.255 e. The Balaban J connectivity index is 1.58. The standard InChI is InChI=1S/C18H21N3O2/c1-13-4-5-15(19)11-17(13)23-16-6-9-21(10-7-16)18(22)14-3-2-8-20-12-14/h2-5,8,11-12,16H,6-7,9-10,19H2,1H3. The SMILES string of the molecule is Cc1ccc(N)cc1OC1CCN(C(=O)c2cccnc2)CC1. The smallest absolute Gasteiger partial charge is 0.255 e. The van der Waals surface area contributed by atoms with Gasteiger partial charge in [-0.2, -0.15) is 0 Å². The molecular formula is C18H21N3O2. The van der Waals surface area contributed by atoms with E-state index in [4.69, 9.17) is 10.5 Å². The summed E-state index contributed by atoms with van der Waals surface area (Å²) in [5.41, 5.74) is 8.24. The molecule has 2 N–H and O–H groups in total. The summed E-state index contributed by atoms with van der Waals surface area (Å²) in [5, 5.41) is 0. The van der Waals surface area contributed by atoms with Crippen LogP contribution in [0, 0.1) is 6.92 Å². The molecule has 1 amide bonds. The first-order valence-corrected chi connectivity index (χ1v) is 7.85. The van der Waals surface area contributed by atoms with Gasteiger partial charge in [0.25, 0.3) is 5.91 Å². The summed E-state index contributed by atoms with van der Waals surface area (Å²) < 4.78 is 6.07. The average molecular weight is 311 g/mol. The van der Waals surface area contributed by atoms with Crippen LogP contribution >= 0.6 is 0 Å². The number of amides is 1. The topological polar surface area (TPSA) is 68.5 Å². The van der Waals surface area contributed by atoms with Crippen molar-refractivity contribution in [3.05, 3.63) is 53.9 Å². The van der Waals surface area contributed by atoms with Crippen molar-refractivity contribution < 1.29 is 9.53 Å². The minimum atomic E-state index is 0.0386. The molecule has 0 unspecified atom stereocenters. The quantitative estimate of drug-likeness (QED) is 0.885. The molecule has 0 spiro atoms. The van der Waals surface area contributed by atoms with Gasteiger partial charge < -0.3 is 15.4 Å². The fourth-order valence-corrected chi connectivity index (χ4v) is 2.77. The molecule has 23 heavy (non-hydrogen) atoms. The van der Waals surface area contributed by atoms with Gasteiger partial charge >= 0.3 is 0 Å². The first kappa shape index (κ1) is 15.3. The number of aromatic nitrogens is 1. The Hall–Kier alpha value is -2.56. The van der Waals surface area contributed by atoms with E-state index in [0.717, 1.165) is 24.2 Å². The van der Waals surface area contributed by atoms with Gasteiger partial charge in [0.1, 0.15) is 11.9 Å². The van der Waals surface area contributed by atoms with Crippen molar-refractivity contribution in [2.75, 3.05) is 18.8 Å². The van der Waals surface area contributed by atoms with Gasteiger partial charge in [0.05, 0.1) is 5.56 Å². The molecule has 5 nitrogen and oxygen atoms in total. The Morgan fingerprint density at radius 2 is 2.09 bits per heavy atom. The lowest BCUT2D eigenvalue weighted by Gasteiger charge is -2.32. The summed E-state index contributed by atoms with van der Waals surface area (Å²) in [6, 6.07) is 9.28. The maximum atomic E-state index is 12.4. The van der Waals surface area contributed by atoms with Gasteiger partial charge in [-0.15, -0.1) is 0 Å². The zero-order valence-corrected chi connectivity index (χ0v) is 13.2. The number of anilines is 1. The van der Waals surface area contributed by atoms with Gasteiger partial charge in [0, 0.05) is 50.1 Å². The number of pyridine rings is 1. The van der Waals surface area contributed by atoms with Crippen LogP contribution in [0.25, 0.3) is 0 Å². The van der Waals surface area contributed by atoms with E-state index < -0.39 is 0 Å². The van der Waals surface area contributed by atoms with Crippen molar-refractivity contribution in [1.29, 1.82) is 0 Å². The Morgan fingerprint density at radius 1 is 1.30 bits per heavy atom. The number of nitrogens with zero attached hydrogens (tertiary/aromatic N) is 2. The van der Waals surface area contributed by atoms with Crippen LogP contribution in [0.15, 0.2) is 42.7 Å². The second kappa shape index (κ2) is 6.69. The van der Waals surface area contributed by atoms with Crippen LogP contribution in [0.1, 0.15) is 28.8 Å². The van der Waals surface area contributed by atoms with Crippen LogP contribution < -0.4 is 10.5 Å². The largest absolute Gasteiger partial charge is 0.490 e. The molecule has 0 atom stereocenters. The van der Waals surface area contributed by atoms with E-state index in [1.54, 1.807) is 24.5 Å². The Kier molecular flexibility index (Phi) is 4.46. The molecule has 0 aliphatic carbocycles. The molecule has 3 rings (SSSR count). The molecule has 0 bridgehead atoms. The second-order valence-corrected chi connectivity index (χ2v) is 5.88. The van der Waals surface area contributed by atoms with Crippen LogP contribution in [0.5, 0.6) is 5.75 Å². The molecule has 1 aromatic heterocycles. The molecule has 2 aromatic rings. The van der Waals surface area contributed by atoms with Gasteiger partial charge in [-0.05, 0) is 30.7 Å². The Bertz CT molecular complexity index is 680. The predicted octanol–water partition coefficient (Wildman–Crippen LogP) is 2.66. The normalized spacial score (nSPS) is 15.4. The van der Waals surface area contributed by atoms with E-state index in [2.05, 4.69) is 4.98 Å². The molecule has 120 valence electrons. The van der Waals surface area contributed by atoms with Gasteiger partial charge in [-0.1, -0.05) is 6.07 Å². The monoisotopic (exact) mass is 311 g/mol. The lowest BCUT2D eigenvalue weighted by molar-refractivity contribution is 0.0594. The fraction of sp³-hybridized carbons (Fsp3) is 0.333. The summed E-state index contributed by atoms with van der Waals surface area (Å²) in [6.45, 7) is 3.40. The summed E-state index contributed by atoms with van der Waals surface area (Å²) in [4.78, 5) is 18.3. The molecule has 2 heterocycles. The molecule has 1 saturated heterocycles. The third-order valence-corrected chi connectivity index (χ3v) is 4.14. The number of likely N-dealkylation sites (tertiary alicyclic amines) is 1. The van der Waals surface area contributed by atoms with Gasteiger partial charge in [0.15, 0.2) is 0 Å². The van der Waals surface area contributed by atoms with Crippen molar-refractivity contribution in [3.8, 4) is 5.75 Å². The highest BCUT2D eigenvalue weighted by Crippen LogP contribution is 2.25. The number of benzene rings is 1. The number of nitrogens with two attached hydrogens (primary N) is 1. The van der Waals surface area contributed by atoms with Crippen LogP contribution in [-0.4, -0.2) is 35.0 Å². The lowest BCUT2D eigenvalue weighted by atomic mass is 10.1. The van der Waals surface area contributed by atoms with Gasteiger partial charge in [0.2, 0.25) is 0 Å². The van der Waals surface area contributed by atoms with E-state index in [0.29, 0.717) is 24.3 Å². The molecule has 1 aromatic carbocycles. The maximum absolute atomic E-state index is 12.4. The molecule has 1 fully saturated rings. The minimum Gasteiger partial charge on any atom is -0.490 e. The van der Waals surface area contributed by atoms with E-state index >= 15 is 0 Å². The van der Waals surface area contributed by atoms with E-state index in [1.165, 1.54) is 0 Å². The molecule has 1 aliphatic rings. The summed E-state index contributed by atoms with van der Waals surface area (Å²) in [5.74, 6) is 0.874. The van der Waals surface area contributed by atoms with Crippen LogP contribution in [-0.2, 0) is 0 Å². The minimum absolute atomic E-state index is 0.0386. The van der Waals surface area contributed by atoms with Crippen molar-refractivity contribution in [2.45, 2.75) is 25.9 Å². The number of hydrogen-bond acceptors (Lipinski definition) is 4. The first-order valence-electron chi connectivity index (χ1n) is 7.85. The highest BCUT2D eigenvalue weighted by Gasteiger charge is 2.25. The predicted molar refractivity (Wildman–Crippen MR) is 89.4 cm³/mol. The van der Waals surface area contributed by atoms with Gasteiger partial charge in [-0.25, -0.2) is 0 Å². The fourth-order valence-electron chi connectivity index (χ4n) is 2.77. The zero-order chi connectivity index (χ0) is 16.2. The average Bonchev–Trinajstić information content (AvgIpc) is 2.59. The van der Waals surface area contributed by atoms with Crippen LogP contribution in [0.2, 0.25) is 0 Å². The van der Waals surface area contributed by atoms with Gasteiger partial charge in [-0.3, -0.25) is 9.78 Å². The number of rotatable bonds is 3. The number of piperidine rings is 1. The molecule has 0 radical (unpaired) electrons. The van der Waals surface area contributed by atoms with Crippen LogP contribution in [0.3, 0.4) is 0 Å². The summed E-state index contributed by atoms with van der Waals surface area (Å²) in [6.07, 6.45) is 5.04. The Morgan fingerprint density at radius 3 is 2.78 bits per heavy atom. The number of hydrogen-bond donors (Lipinski definition) is 1. The second-order valence-electron chi connectivity index (χ2n) is 5.88. The highest BCUT2D eigenvalue weighted by atomic mass is 16.5. The number of ether oxygens (including phenoxy) is 1. The Labute approximate surface area is 136 Å². The molecule has 0 saturated carbocycles. The van der Waals surface area contributed by atoms with Crippen molar-refractivity contribution in [1.82, 2.24) is 9.88 Å². The number of nitrogen functional groups attached to an aromatic ring is 1. The van der Waals surface area contributed by atoms with Crippen molar-refractivity contribution in [3.63, 3.8) is 0 Å². The summed E-state index contributed by atoms with van der Waals surface area (Å²) >= 11 is 0. The summed E-state index contributed by atoms with van der Waals surface area (Å²) in [7, 11) is 0. The van der Waals surface area contributed by atoms with E-state index in [-0.39, 0.29) is 12.0 Å². The third kappa shape index (κ3) is 3.62. The van der Waals surface area contributed by atoms with Crippen molar-refractivity contribution in [2.24, 2.45) is 0 Å². The number of carbonyl (C=O) groups excluding carboxylic acids is 1. The molecule has 1 aliphatic heterocycles. The highest BCUT2D eigenvalue weighted by molar-refractivity contribution is 5.93. The van der Waals surface area contributed by atoms with E-state index in [1.807, 2.05) is 30.0 Å². The van der Waals surface area contributed by atoms with E-state index in [9.17, 15) is 4.79 Å². The number of aryl methyl sites for hydroxylation is 1. The molecular weight excluding hydrogens is 290 g/mol.